The SMILES string of the molecule is Cc1ccc(C#N)c(N2CC(C)(OCC(=O)O)C2)c1. The summed E-state index contributed by atoms with van der Waals surface area (Å²) in [6.45, 7) is 4.76. The zero-order valence-corrected chi connectivity index (χ0v) is 11.0. The highest BCUT2D eigenvalue weighted by Gasteiger charge is 2.41. The van der Waals surface area contributed by atoms with Crippen LogP contribution in [-0.2, 0) is 9.53 Å². The van der Waals surface area contributed by atoms with Gasteiger partial charge in [-0.15, -0.1) is 0 Å². The number of rotatable bonds is 4. The summed E-state index contributed by atoms with van der Waals surface area (Å²) in [4.78, 5) is 12.5. The Bertz CT molecular complexity index is 542. The number of carboxylic acids is 1. The lowest BCUT2D eigenvalue weighted by Crippen LogP contribution is -2.62. The maximum Gasteiger partial charge on any atom is 0.329 e. The van der Waals surface area contributed by atoms with E-state index in [1.165, 1.54) is 0 Å². The van der Waals surface area contributed by atoms with Crippen molar-refractivity contribution < 1.29 is 14.6 Å². The smallest absolute Gasteiger partial charge is 0.329 e. The van der Waals surface area contributed by atoms with E-state index < -0.39 is 11.6 Å². The van der Waals surface area contributed by atoms with Crippen LogP contribution in [0.5, 0.6) is 0 Å². The molecule has 1 aliphatic heterocycles. The fourth-order valence-electron chi connectivity index (χ4n) is 2.26. The number of nitrogens with zero attached hydrogens (tertiary/aromatic N) is 2. The van der Waals surface area contributed by atoms with E-state index in [1.54, 1.807) is 6.07 Å². The number of benzene rings is 1. The molecule has 5 heteroatoms. The molecule has 1 aromatic rings. The van der Waals surface area contributed by atoms with Crippen molar-refractivity contribution in [2.75, 3.05) is 24.6 Å². The largest absolute Gasteiger partial charge is 0.480 e. The first-order valence-electron chi connectivity index (χ1n) is 6.05. The molecule has 0 saturated carbocycles. The van der Waals surface area contributed by atoms with Crippen molar-refractivity contribution in [3.05, 3.63) is 29.3 Å². The number of ether oxygens (including phenoxy) is 1. The highest BCUT2D eigenvalue weighted by molar-refractivity contribution is 5.68. The Morgan fingerprint density at radius 3 is 2.84 bits per heavy atom. The topological polar surface area (TPSA) is 73.6 Å². The standard InChI is InChI=1S/C14H16N2O3/c1-10-3-4-11(6-15)12(5-10)16-8-14(2,9-16)19-7-13(17)18/h3-5H,7-9H2,1-2H3,(H,17,18). The van der Waals surface area contributed by atoms with E-state index >= 15 is 0 Å². The van der Waals surface area contributed by atoms with Gasteiger partial charge in [0.25, 0.3) is 0 Å². The van der Waals surface area contributed by atoms with Gasteiger partial charge in [0.15, 0.2) is 0 Å². The first-order valence-corrected chi connectivity index (χ1v) is 6.05. The van der Waals surface area contributed by atoms with Crippen molar-refractivity contribution >= 4 is 11.7 Å². The van der Waals surface area contributed by atoms with Gasteiger partial charge in [-0.3, -0.25) is 0 Å². The monoisotopic (exact) mass is 260 g/mol. The second-order valence-corrected chi connectivity index (χ2v) is 5.12. The lowest BCUT2D eigenvalue weighted by atomic mass is 9.94. The molecule has 0 radical (unpaired) electrons. The summed E-state index contributed by atoms with van der Waals surface area (Å²) in [7, 11) is 0. The van der Waals surface area contributed by atoms with Crippen LogP contribution in [0, 0.1) is 18.3 Å². The maximum atomic E-state index is 10.5. The molecule has 0 bridgehead atoms. The minimum atomic E-state index is -0.965. The molecule has 19 heavy (non-hydrogen) atoms. The van der Waals surface area contributed by atoms with Crippen molar-refractivity contribution in [1.29, 1.82) is 5.26 Å². The minimum absolute atomic E-state index is 0.288. The van der Waals surface area contributed by atoms with Crippen LogP contribution in [0.1, 0.15) is 18.1 Å². The summed E-state index contributed by atoms with van der Waals surface area (Å²) in [5.41, 5.74) is 2.16. The van der Waals surface area contributed by atoms with Gasteiger partial charge in [-0.25, -0.2) is 4.79 Å². The molecule has 5 nitrogen and oxygen atoms in total. The molecule has 1 saturated heterocycles. The van der Waals surface area contributed by atoms with E-state index in [1.807, 2.05) is 30.9 Å². The molecule has 1 aliphatic rings. The van der Waals surface area contributed by atoms with E-state index in [-0.39, 0.29) is 6.61 Å². The molecule has 1 heterocycles. The highest BCUT2D eigenvalue weighted by Crippen LogP contribution is 2.32. The third-order valence-electron chi connectivity index (χ3n) is 3.21. The molecule has 0 atom stereocenters. The molecule has 1 aromatic carbocycles. The number of carboxylic acid groups (broad SMARTS) is 1. The first-order chi connectivity index (χ1) is 8.93. The maximum absolute atomic E-state index is 10.5. The second kappa shape index (κ2) is 4.90. The number of carbonyl (C=O) groups is 1. The van der Waals surface area contributed by atoms with Gasteiger partial charge >= 0.3 is 5.97 Å². The van der Waals surface area contributed by atoms with Gasteiger partial charge in [0.2, 0.25) is 0 Å². The highest BCUT2D eigenvalue weighted by atomic mass is 16.5. The van der Waals surface area contributed by atoms with Gasteiger partial charge in [0.05, 0.1) is 11.3 Å². The Morgan fingerprint density at radius 1 is 1.58 bits per heavy atom. The Hall–Kier alpha value is -2.06. The third kappa shape index (κ3) is 2.85. The average Bonchev–Trinajstić information content (AvgIpc) is 2.33. The van der Waals surface area contributed by atoms with Crippen molar-refractivity contribution in [2.45, 2.75) is 19.4 Å². The molecule has 0 aliphatic carbocycles. The minimum Gasteiger partial charge on any atom is -0.480 e. The van der Waals surface area contributed by atoms with Crippen molar-refractivity contribution in [2.24, 2.45) is 0 Å². The van der Waals surface area contributed by atoms with Crippen molar-refractivity contribution in [3.63, 3.8) is 0 Å². The number of hydrogen-bond acceptors (Lipinski definition) is 4. The summed E-state index contributed by atoms with van der Waals surface area (Å²) in [5, 5.41) is 17.7. The number of aryl methyl sites for hydroxylation is 1. The van der Waals surface area contributed by atoms with Crippen LogP contribution >= 0.6 is 0 Å². The first kappa shape index (κ1) is 13.4. The second-order valence-electron chi connectivity index (χ2n) is 5.12. The van der Waals surface area contributed by atoms with Crippen LogP contribution < -0.4 is 4.90 Å². The molecule has 0 amide bonds. The van der Waals surface area contributed by atoms with E-state index in [9.17, 15) is 4.79 Å². The van der Waals surface area contributed by atoms with Crippen molar-refractivity contribution in [3.8, 4) is 6.07 Å². The number of anilines is 1. The zero-order valence-electron chi connectivity index (χ0n) is 11.0. The van der Waals surface area contributed by atoms with Crippen LogP contribution in [0.3, 0.4) is 0 Å². The predicted molar refractivity (Wildman–Crippen MR) is 70.1 cm³/mol. The van der Waals surface area contributed by atoms with E-state index in [0.717, 1.165) is 11.3 Å². The number of hydrogen-bond donors (Lipinski definition) is 1. The zero-order chi connectivity index (χ0) is 14.0. The summed E-state index contributed by atoms with van der Waals surface area (Å²) in [6, 6.07) is 7.85. The number of nitriles is 1. The van der Waals surface area contributed by atoms with Gasteiger partial charge < -0.3 is 14.7 Å². The average molecular weight is 260 g/mol. The molecule has 0 unspecified atom stereocenters. The summed E-state index contributed by atoms with van der Waals surface area (Å²) < 4.78 is 5.36. The molecule has 2 rings (SSSR count). The molecular weight excluding hydrogens is 244 g/mol. The molecule has 100 valence electrons. The quantitative estimate of drug-likeness (QED) is 0.889. The predicted octanol–water partition coefficient (Wildman–Crippen LogP) is 1.55. The van der Waals surface area contributed by atoms with Crippen LogP contribution in [0.15, 0.2) is 18.2 Å². The molecular formula is C14H16N2O3. The summed E-state index contributed by atoms with van der Waals surface area (Å²) >= 11 is 0. The lowest BCUT2D eigenvalue weighted by Gasteiger charge is -2.48. The van der Waals surface area contributed by atoms with Crippen LogP contribution in [-0.4, -0.2) is 36.4 Å². The number of aliphatic carboxylic acids is 1. The molecule has 1 fully saturated rings. The van der Waals surface area contributed by atoms with Crippen LogP contribution in [0.2, 0.25) is 0 Å². The van der Waals surface area contributed by atoms with Crippen LogP contribution in [0.25, 0.3) is 0 Å². The normalized spacial score (nSPS) is 16.6. The lowest BCUT2D eigenvalue weighted by molar-refractivity contribution is -0.150. The molecule has 0 aromatic heterocycles. The van der Waals surface area contributed by atoms with Gasteiger partial charge in [0.1, 0.15) is 18.3 Å². The van der Waals surface area contributed by atoms with Crippen LogP contribution in [0.4, 0.5) is 5.69 Å². The van der Waals surface area contributed by atoms with Gasteiger partial charge in [0, 0.05) is 13.1 Å². The Labute approximate surface area is 112 Å². The molecule has 1 N–H and O–H groups in total. The Morgan fingerprint density at radius 2 is 2.26 bits per heavy atom. The van der Waals surface area contributed by atoms with E-state index in [4.69, 9.17) is 15.1 Å². The summed E-state index contributed by atoms with van der Waals surface area (Å²) in [6.07, 6.45) is 0. The Kier molecular flexibility index (Phi) is 3.45. The van der Waals surface area contributed by atoms with Gasteiger partial charge in [-0.05, 0) is 31.5 Å². The van der Waals surface area contributed by atoms with E-state index in [2.05, 4.69) is 6.07 Å². The fraction of sp³-hybridized carbons (Fsp3) is 0.429. The van der Waals surface area contributed by atoms with Gasteiger partial charge in [-0.2, -0.15) is 5.26 Å². The van der Waals surface area contributed by atoms with E-state index in [0.29, 0.717) is 18.7 Å². The fourth-order valence-corrected chi connectivity index (χ4v) is 2.26. The molecule has 0 spiro atoms. The van der Waals surface area contributed by atoms with Crippen molar-refractivity contribution in [1.82, 2.24) is 0 Å². The van der Waals surface area contributed by atoms with Gasteiger partial charge in [-0.1, -0.05) is 6.07 Å². The Balaban J connectivity index is 2.06. The summed E-state index contributed by atoms with van der Waals surface area (Å²) in [5.74, 6) is -0.965. The third-order valence-corrected chi connectivity index (χ3v) is 3.21.